The topological polar surface area (TPSA) is 164 Å². The van der Waals surface area contributed by atoms with Gasteiger partial charge in [-0.05, 0) is 12.8 Å². The molecule has 4 N–H and O–H groups in total. The first-order valence-corrected chi connectivity index (χ1v) is 18.7. The summed E-state index contributed by atoms with van der Waals surface area (Å²) in [4.78, 5) is 10.3. The average molecular weight is 665 g/mol. The second-order valence-corrected chi connectivity index (χ2v) is 12.6. The Labute approximate surface area is 293 Å². The van der Waals surface area contributed by atoms with E-state index in [9.17, 15) is 17.8 Å². The van der Waals surface area contributed by atoms with Crippen LogP contribution in [-0.4, -0.2) is 65.3 Å². The van der Waals surface area contributed by atoms with Crippen molar-refractivity contribution in [1.29, 1.82) is 0 Å². The zero-order valence-corrected chi connectivity index (χ0v) is 31.6. The van der Waals surface area contributed by atoms with Gasteiger partial charge in [0.2, 0.25) is 10.4 Å². The standard InChI is InChI=1S/C18H36O2.C12H26O4S.C3H8O3.Na/c1-2-3-4-5-6-7-8-9-10-11-12-13-14-15-16-17-18(19)20;1-2-3-4-5-6-7-8-9-10-11-12-16-17(13,14)15;4-1-3(6)2-5;/h2-17H2,1H3,(H,19,20);2-12H2,1H3,(H,13,14,15);3-6H,1-2H2;/q;;;+1/p-1. The molecular weight excluding hydrogens is 595 g/mol. The van der Waals surface area contributed by atoms with E-state index in [0.717, 1.165) is 25.7 Å². The minimum Gasteiger partial charge on any atom is -0.726 e. The van der Waals surface area contributed by atoms with Gasteiger partial charge in [-0.3, -0.25) is 8.98 Å². The molecule has 0 bridgehead atoms. The second kappa shape index (κ2) is 43.2. The van der Waals surface area contributed by atoms with Gasteiger partial charge in [-0.2, -0.15) is 0 Å². The summed E-state index contributed by atoms with van der Waals surface area (Å²) in [7, 11) is -4.48. The molecule has 0 heterocycles. The van der Waals surface area contributed by atoms with Crippen LogP contribution in [0.1, 0.15) is 181 Å². The maximum absolute atomic E-state index is 10.3. The quantitative estimate of drug-likeness (QED) is 0.0356. The molecule has 0 saturated carbocycles. The van der Waals surface area contributed by atoms with Gasteiger partial charge in [0, 0.05) is 6.42 Å². The maximum Gasteiger partial charge on any atom is 1.00 e. The fourth-order valence-corrected chi connectivity index (χ4v) is 4.78. The largest absolute Gasteiger partial charge is 1.00 e. The Kier molecular flexibility index (Phi) is 50.2. The van der Waals surface area contributed by atoms with Crippen molar-refractivity contribution in [3.8, 4) is 0 Å². The van der Waals surface area contributed by atoms with Gasteiger partial charge in [-0.25, -0.2) is 8.42 Å². The van der Waals surface area contributed by atoms with E-state index < -0.39 is 22.5 Å². The summed E-state index contributed by atoms with van der Waals surface area (Å²) in [6.07, 6.45) is 30.9. The van der Waals surface area contributed by atoms with Crippen LogP contribution in [0.15, 0.2) is 0 Å². The van der Waals surface area contributed by atoms with Crippen LogP contribution in [0.4, 0.5) is 0 Å². The minimum absolute atomic E-state index is 0. The third-order valence-electron chi connectivity index (χ3n) is 7.14. The van der Waals surface area contributed by atoms with Crippen molar-refractivity contribution in [2.24, 2.45) is 0 Å². The Balaban J connectivity index is -0.000000303. The van der Waals surface area contributed by atoms with E-state index in [1.807, 2.05) is 0 Å². The van der Waals surface area contributed by atoms with Crippen LogP contribution in [0.5, 0.6) is 0 Å². The summed E-state index contributed by atoms with van der Waals surface area (Å²) < 4.78 is 34.5. The molecule has 0 atom stereocenters. The third-order valence-corrected chi connectivity index (χ3v) is 7.60. The predicted molar refractivity (Wildman–Crippen MR) is 175 cm³/mol. The normalized spacial score (nSPS) is 10.9. The number of hydrogen-bond acceptors (Lipinski definition) is 8. The molecule has 0 spiro atoms. The molecule has 0 amide bonds. The van der Waals surface area contributed by atoms with E-state index in [-0.39, 0.29) is 49.4 Å². The number of carboxylic acids is 1. The summed E-state index contributed by atoms with van der Waals surface area (Å²) in [6, 6.07) is 0. The van der Waals surface area contributed by atoms with Crippen LogP contribution in [0.3, 0.4) is 0 Å². The summed E-state index contributed by atoms with van der Waals surface area (Å²) in [6.45, 7) is 3.78. The SMILES string of the molecule is CCCCCCCCCCCCCCCCCC(=O)O.CCCCCCCCCCCCOS(=O)(=O)[O-].OCC(O)CO.[Na+]. The van der Waals surface area contributed by atoms with E-state index in [0.29, 0.717) is 12.8 Å². The summed E-state index contributed by atoms with van der Waals surface area (Å²) >= 11 is 0. The van der Waals surface area contributed by atoms with E-state index in [1.54, 1.807) is 0 Å². The van der Waals surface area contributed by atoms with Crippen LogP contribution >= 0.6 is 0 Å². The Morgan fingerprint density at radius 3 is 1.09 bits per heavy atom. The van der Waals surface area contributed by atoms with E-state index in [2.05, 4.69) is 18.0 Å². The van der Waals surface area contributed by atoms with E-state index >= 15 is 0 Å². The summed E-state index contributed by atoms with van der Waals surface area (Å²) in [5, 5.41) is 32.5. The second-order valence-electron chi connectivity index (χ2n) is 11.5. The Morgan fingerprint density at radius 2 is 0.864 bits per heavy atom. The molecule has 0 aromatic rings. The third kappa shape index (κ3) is 57.8. The van der Waals surface area contributed by atoms with Gasteiger partial charge in [0.05, 0.1) is 19.8 Å². The number of carbonyl (C=O) groups is 1. The zero-order chi connectivity index (χ0) is 32.9. The van der Waals surface area contributed by atoms with Gasteiger partial charge in [0.25, 0.3) is 0 Å². The molecule has 0 radical (unpaired) electrons. The van der Waals surface area contributed by atoms with Crippen LogP contribution in [0, 0.1) is 0 Å². The van der Waals surface area contributed by atoms with E-state index in [4.69, 9.17) is 20.4 Å². The van der Waals surface area contributed by atoms with Gasteiger partial charge in [0.15, 0.2) is 0 Å². The maximum atomic E-state index is 10.3. The molecular formula is C33H69NaO9S. The average Bonchev–Trinajstić information content (AvgIpc) is 2.97. The first-order valence-electron chi connectivity index (χ1n) is 17.4. The van der Waals surface area contributed by atoms with Crippen molar-refractivity contribution in [1.82, 2.24) is 0 Å². The molecule has 0 rings (SSSR count). The number of aliphatic carboxylic acids is 1. The van der Waals surface area contributed by atoms with Gasteiger partial charge in [-0.1, -0.05) is 162 Å². The van der Waals surface area contributed by atoms with Crippen LogP contribution in [-0.2, 0) is 19.4 Å². The van der Waals surface area contributed by atoms with Crippen molar-refractivity contribution in [2.45, 2.75) is 187 Å². The summed E-state index contributed by atoms with van der Waals surface area (Å²) in [5.74, 6) is -0.653. The number of aliphatic hydroxyl groups is 3. The molecule has 0 unspecified atom stereocenters. The van der Waals surface area contributed by atoms with E-state index in [1.165, 1.54) is 128 Å². The van der Waals surface area contributed by atoms with Gasteiger partial charge in [0.1, 0.15) is 6.10 Å². The first kappa shape index (κ1) is 51.1. The van der Waals surface area contributed by atoms with Crippen molar-refractivity contribution in [2.75, 3.05) is 19.8 Å². The van der Waals surface area contributed by atoms with Crippen molar-refractivity contribution < 1.29 is 71.9 Å². The molecule has 0 aromatic heterocycles. The smallest absolute Gasteiger partial charge is 0.726 e. The molecule has 0 aliphatic heterocycles. The zero-order valence-electron chi connectivity index (χ0n) is 28.8. The molecule has 9 nitrogen and oxygen atoms in total. The summed E-state index contributed by atoms with van der Waals surface area (Å²) in [5.41, 5.74) is 0. The fourth-order valence-electron chi connectivity index (χ4n) is 4.46. The van der Waals surface area contributed by atoms with Crippen molar-refractivity contribution in [3.05, 3.63) is 0 Å². The number of hydrogen-bond donors (Lipinski definition) is 4. The fraction of sp³-hybridized carbons (Fsp3) is 0.970. The predicted octanol–water partition coefficient (Wildman–Crippen LogP) is 5.05. The molecule has 0 aromatic carbocycles. The first-order chi connectivity index (χ1) is 20.6. The number of unbranched alkanes of at least 4 members (excludes halogenated alkanes) is 23. The molecule has 0 fully saturated rings. The monoisotopic (exact) mass is 664 g/mol. The number of aliphatic hydroxyl groups excluding tert-OH is 3. The number of rotatable bonds is 30. The molecule has 0 aliphatic carbocycles. The Bertz CT molecular complexity index is 633. The molecule has 0 aliphatic rings. The van der Waals surface area contributed by atoms with Gasteiger partial charge < -0.3 is 25.0 Å². The Hall–Kier alpha value is 0.220. The minimum atomic E-state index is -4.48. The van der Waals surface area contributed by atoms with Crippen molar-refractivity contribution in [3.63, 3.8) is 0 Å². The molecule has 11 heteroatoms. The Morgan fingerprint density at radius 1 is 0.591 bits per heavy atom. The van der Waals surface area contributed by atoms with Gasteiger partial charge in [-0.15, -0.1) is 0 Å². The molecule has 0 saturated heterocycles. The molecule has 262 valence electrons. The van der Waals surface area contributed by atoms with Crippen LogP contribution in [0.2, 0.25) is 0 Å². The van der Waals surface area contributed by atoms with Crippen LogP contribution < -0.4 is 29.6 Å². The molecule has 44 heavy (non-hydrogen) atoms. The van der Waals surface area contributed by atoms with Crippen molar-refractivity contribution >= 4 is 16.4 Å². The van der Waals surface area contributed by atoms with Crippen LogP contribution in [0.25, 0.3) is 0 Å². The number of carboxylic acid groups (broad SMARTS) is 1. The van der Waals surface area contributed by atoms with Gasteiger partial charge >= 0.3 is 35.5 Å².